The number of hydrogen-bond acceptors (Lipinski definition) is 7. The number of phenolic OH excluding ortho intramolecular Hbond substituents is 1. The molecule has 1 aliphatic heterocycles. The zero-order valence-electron chi connectivity index (χ0n) is 14.3. The van der Waals surface area contributed by atoms with E-state index in [9.17, 15) is 19.5 Å². The van der Waals surface area contributed by atoms with Crippen molar-refractivity contribution in [3.8, 4) is 5.75 Å². The number of aromatic hydroxyl groups is 1. The van der Waals surface area contributed by atoms with Crippen molar-refractivity contribution in [1.29, 1.82) is 0 Å². The first-order valence-electron chi connectivity index (χ1n) is 8.77. The van der Waals surface area contributed by atoms with Crippen LogP contribution in [-0.2, 0) is 14.3 Å². The Kier molecular flexibility index (Phi) is 6.03. The molecule has 1 heterocycles. The first-order valence-corrected chi connectivity index (χ1v) is 9.65. The van der Waals surface area contributed by atoms with Crippen LogP contribution in [0.5, 0.6) is 5.75 Å². The van der Waals surface area contributed by atoms with Crippen LogP contribution in [0.1, 0.15) is 38.5 Å². The van der Waals surface area contributed by atoms with Crippen molar-refractivity contribution in [2.75, 3.05) is 12.0 Å². The Morgan fingerprint density at radius 1 is 1.19 bits per heavy atom. The minimum absolute atomic E-state index is 0.0175. The van der Waals surface area contributed by atoms with E-state index < -0.39 is 11.2 Å². The number of ether oxygens (including phenoxy) is 1. The second-order valence-electron chi connectivity index (χ2n) is 6.47. The first-order chi connectivity index (χ1) is 12.5. The molecular formula is C18H22N2O5S. The number of carbonyl (C=O) groups excluding carboxylic acids is 3. The lowest BCUT2D eigenvalue weighted by Crippen LogP contribution is -2.36. The number of anilines is 1. The van der Waals surface area contributed by atoms with Crippen LogP contribution < -0.4 is 5.32 Å². The predicted molar refractivity (Wildman–Crippen MR) is 97.8 cm³/mol. The van der Waals surface area contributed by atoms with Crippen molar-refractivity contribution in [2.45, 2.75) is 49.9 Å². The van der Waals surface area contributed by atoms with E-state index in [0.29, 0.717) is 5.69 Å². The number of amides is 2. The Labute approximate surface area is 156 Å². The van der Waals surface area contributed by atoms with E-state index in [-0.39, 0.29) is 36.1 Å². The van der Waals surface area contributed by atoms with Crippen LogP contribution in [-0.4, -0.2) is 45.1 Å². The summed E-state index contributed by atoms with van der Waals surface area (Å²) in [5.41, 5.74) is 0.675. The van der Waals surface area contributed by atoms with Crippen molar-refractivity contribution < 1.29 is 24.2 Å². The summed E-state index contributed by atoms with van der Waals surface area (Å²) in [5, 5.41) is 11.1. The molecule has 1 atom stereocenters. The fourth-order valence-corrected chi connectivity index (χ4v) is 4.06. The zero-order chi connectivity index (χ0) is 18.5. The number of benzene rings is 1. The van der Waals surface area contributed by atoms with E-state index >= 15 is 0 Å². The summed E-state index contributed by atoms with van der Waals surface area (Å²) in [4.78, 5) is 37.7. The van der Waals surface area contributed by atoms with Crippen LogP contribution in [0.4, 0.5) is 10.5 Å². The zero-order valence-corrected chi connectivity index (χ0v) is 15.2. The van der Waals surface area contributed by atoms with Gasteiger partial charge in [0.15, 0.2) is 0 Å². The lowest BCUT2D eigenvalue weighted by Gasteiger charge is -2.22. The van der Waals surface area contributed by atoms with E-state index in [2.05, 4.69) is 5.32 Å². The van der Waals surface area contributed by atoms with E-state index in [1.165, 1.54) is 18.6 Å². The number of nitrogens with zero attached hydrogens (tertiary/aromatic N) is 1. The summed E-state index contributed by atoms with van der Waals surface area (Å²) < 4.78 is 5.44. The van der Waals surface area contributed by atoms with Gasteiger partial charge < -0.3 is 15.2 Å². The maximum Gasteiger partial charge on any atom is 0.307 e. The minimum Gasteiger partial charge on any atom is -0.508 e. The lowest BCUT2D eigenvalue weighted by atomic mass is 9.98. The molecule has 140 valence electrons. The van der Waals surface area contributed by atoms with Gasteiger partial charge in [-0.2, -0.15) is 0 Å². The number of carbonyl (C=O) groups is 3. The molecule has 3 rings (SSSR count). The molecule has 26 heavy (non-hydrogen) atoms. The molecule has 1 aromatic carbocycles. The van der Waals surface area contributed by atoms with Crippen LogP contribution in [0, 0.1) is 0 Å². The van der Waals surface area contributed by atoms with Gasteiger partial charge in [0.25, 0.3) is 5.24 Å². The Bertz CT molecular complexity index is 673. The summed E-state index contributed by atoms with van der Waals surface area (Å²) >= 11 is 0.866. The molecule has 0 spiro atoms. The van der Waals surface area contributed by atoms with Gasteiger partial charge in [-0.1, -0.05) is 18.2 Å². The highest BCUT2D eigenvalue weighted by Gasteiger charge is 2.41. The monoisotopic (exact) mass is 378 g/mol. The molecule has 1 unspecified atom stereocenters. The third-order valence-electron chi connectivity index (χ3n) is 4.52. The van der Waals surface area contributed by atoms with Crippen LogP contribution >= 0.6 is 11.8 Å². The van der Waals surface area contributed by atoms with Gasteiger partial charge in [0.05, 0.1) is 13.1 Å². The van der Waals surface area contributed by atoms with Crippen LogP contribution in [0.2, 0.25) is 0 Å². The molecule has 1 saturated heterocycles. The van der Waals surface area contributed by atoms with E-state index in [4.69, 9.17) is 4.74 Å². The number of rotatable bonds is 6. The third-order valence-corrected chi connectivity index (χ3v) is 5.59. The fraction of sp³-hybridized carbons (Fsp3) is 0.500. The number of hydrogen-bond donors (Lipinski definition) is 2. The molecule has 2 amide bonds. The molecule has 2 N–H and O–H groups in total. The highest BCUT2D eigenvalue weighted by Crippen LogP contribution is 2.30. The molecule has 7 nitrogen and oxygen atoms in total. The largest absolute Gasteiger partial charge is 0.508 e. The molecule has 0 aromatic heterocycles. The first kappa shape index (κ1) is 18.6. The Hall–Kier alpha value is -2.22. The highest BCUT2D eigenvalue weighted by atomic mass is 32.2. The molecule has 1 aliphatic carbocycles. The van der Waals surface area contributed by atoms with Crippen molar-refractivity contribution >= 4 is 34.6 Å². The van der Waals surface area contributed by atoms with E-state index in [1.807, 2.05) is 0 Å². The topological polar surface area (TPSA) is 95.9 Å². The van der Waals surface area contributed by atoms with E-state index in [0.717, 1.165) is 42.3 Å². The summed E-state index contributed by atoms with van der Waals surface area (Å²) in [7, 11) is 0. The Morgan fingerprint density at radius 2 is 1.88 bits per heavy atom. The molecule has 2 aliphatic rings. The van der Waals surface area contributed by atoms with Crippen molar-refractivity contribution in [1.82, 2.24) is 4.90 Å². The van der Waals surface area contributed by atoms with Crippen molar-refractivity contribution in [2.24, 2.45) is 0 Å². The minimum atomic E-state index is -0.722. The average molecular weight is 378 g/mol. The van der Waals surface area contributed by atoms with Gasteiger partial charge >= 0.3 is 5.97 Å². The number of nitrogens with one attached hydrogen (secondary N) is 1. The second kappa shape index (κ2) is 8.44. The SMILES string of the molecule is O=C(CC1SC(=O)N(CNc2ccc(O)cc2)C1=O)OC1CCCCC1. The maximum absolute atomic E-state index is 12.4. The van der Waals surface area contributed by atoms with Crippen LogP contribution in [0.25, 0.3) is 0 Å². The van der Waals surface area contributed by atoms with Gasteiger partial charge in [0.2, 0.25) is 5.91 Å². The number of phenols is 1. The quantitative estimate of drug-likeness (QED) is 0.580. The van der Waals surface area contributed by atoms with E-state index in [1.54, 1.807) is 12.1 Å². The van der Waals surface area contributed by atoms with Gasteiger partial charge in [-0.25, -0.2) is 0 Å². The average Bonchev–Trinajstić information content (AvgIpc) is 2.89. The number of imide groups is 1. The predicted octanol–water partition coefficient (Wildman–Crippen LogP) is 3.09. The molecular weight excluding hydrogens is 356 g/mol. The lowest BCUT2D eigenvalue weighted by molar-refractivity contribution is -0.151. The summed E-state index contributed by atoms with van der Waals surface area (Å²) in [6.45, 7) is 0.0175. The van der Waals surface area contributed by atoms with Gasteiger partial charge in [-0.05, 0) is 49.9 Å². The number of esters is 1. The Balaban J connectivity index is 1.49. The second-order valence-corrected chi connectivity index (χ2v) is 7.63. The van der Waals surface area contributed by atoms with Crippen molar-refractivity contribution in [3.05, 3.63) is 24.3 Å². The maximum atomic E-state index is 12.4. The third kappa shape index (κ3) is 4.69. The van der Waals surface area contributed by atoms with Gasteiger partial charge in [0.1, 0.15) is 17.1 Å². The summed E-state index contributed by atoms with van der Waals surface area (Å²) in [6.07, 6.45) is 4.90. The molecule has 0 radical (unpaired) electrons. The standard InChI is InChI=1S/C18H22N2O5S/c21-13-8-6-12(7-9-13)19-11-20-17(23)15(26-18(20)24)10-16(22)25-14-4-2-1-3-5-14/h6-9,14-15,19,21H,1-5,10-11H2. The fourth-order valence-electron chi connectivity index (χ4n) is 3.09. The molecule has 8 heteroatoms. The van der Waals surface area contributed by atoms with Gasteiger partial charge in [-0.15, -0.1) is 0 Å². The summed E-state index contributed by atoms with van der Waals surface area (Å²) in [6, 6.07) is 6.31. The molecule has 2 fully saturated rings. The Morgan fingerprint density at radius 3 is 2.58 bits per heavy atom. The normalized spacial score (nSPS) is 21.1. The van der Waals surface area contributed by atoms with Crippen molar-refractivity contribution in [3.63, 3.8) is 0 Å². The highest BCUT2D eigenvalue weighted by molar-refractivity contribution is 8.15. The smallest absolute Gasteiger partial charge is 0.307 e. The summed E-state index contributed by atoms with van der Waals surface area (Å²) in [5.74, 6) is -0.660. The van der Waals surface area contributed by atoms with Crippen LogP contribution in [0.3, 0.4) is 0 Å². The van der Waals surface area contributed by atoms with Gasteiger partial charge in [-0.3, -0.25) is 19.3 Å². The molecule has 0 bridgehead atoms. The molecule has 1 aromatic rings. The molecule has 1 saturated carbocycles. The number of thioether (sulfide) groups is 1. The van der Waals surface area contributed by atoms with Gasteiger partial charge in [0, 0.05) is 5.69 Å². The van der Waals surface area contributed by atoms with Crippen LogP contribution in [0.15, 0.2) is 24.3 Å².